The SMILES string of the molecule is Cc1nn(-c2ccc(F)cc2)c(C)c1S(=O)(=O)N1CCN(c2ccc(F)cc2)CC1. The van der Waals surface area contributed by atoms with Crippen LogP contribution in [0.3, 0.4) is 0 Å². The van der Waals surface area contributed by atoms with E-state index in [1.54, 1.807) is 38.1 Å². The van der Waals surface area contributed by atoms with Gasteiger partial charge in [0.05, 0.1) is 17.1 Å². The van der Waals surface area contributed by atoms with E-state index in [1.165, 1.54) is 33.3 Å². The quantitative estimate of drug-likeness (QED) is 0.635. The third kappa shape index (κ3) is 3.70. The van der Waals surface area contributed by atoms with E-state index in [2.05, 4.69) is 5.10 Å². The van der Waals surface area contributed by atoms with Gasteiger partial charge in [-0.05, 0) is 62.4 Å². The van der Waals surface area contributed by atoms with Crippen LogP contribution in [0, 0.1) is 25.5 Å². The molecule has 0 N–H and O–H groups in total. The molecule has 0 amide bonds. The first kappa shape index (κ1) is 20.5. The van der Waals surface area contributed by atoms with Gasteiger partial charge in [0.2, 0.25) is 10.0 Å². The van der Waals surface area contributed by atoms with Crippen LogP contribution in [-0.2, 0) is 10.0 Å². The summed E-state index contributed by atoms with van der Waals surface area (Å²) in [6.07, 6.45) is 0. The number of sulfonamides is 1. The molecule has 0 spiro atoms. The summed E-state index contributed by atoms with van der Waals surface area (Å²) < 4.78 is 56.1. The predicted octanol–water partition coefficient (Wildman–Crippen LogP) is 3.28. The van der Waals surface area contributed by atoms with Crippen LogP contribution in [-0.4, -0.2) is 48.7 Å². The first-order valence-electron chi connectivity index (χ1n) is 9.60. The molecule has 9 heteroatoms. The Balaban J connectivity index is 1.57. The normalized spacial score (nSPS) is 15.5. The Morgan fingerprint density at radius 2 is 1.30 bits per heavy atom. The topological polar surface area (TPSA) is 58.4 Å². The number of aryl methyl sites for hydroxylation is 1. The lowest BCUT2D eigenvalue weighted by Gasteiger charge is -2.35. The molecule has 1 aromatic heterocycles. The van der Waals surface area contributed by atoms with Gasteiger partial charge in [0, 0.05) is 31.9 Å². The van der Waals surface area contributed by atoms with E-state index in [1.807, 2.05) is 4.90 Å². The second-order valence-electron chi connectivity index (χ2n) is 7.26. The minimum atomic E-state index is -3.74. The average molecular weight is 432 g/mol. The second-order valence-corrected chi connectivity index (χ2v) is 9.13. The average Bonchev–Trinajstić information content (AvgIpc) is 3.04. The van der Waals surface area contributed by atoms with Gasteiger partial charge in [0.25, 0.3) is 0 Å². The predicted molar refractivity (Wildman–Crippen MR) is 110 cm³/mol. The van der Waals surface area contributed by atoms with Crippen molar-refractivity contribution in [3.8, 4) is 5.69 Å². The zero-order chi connectivity index (χ0) is 21.5. The maximum atomic E-state index is 13.4. The number of piperazine rings is 1. The fourth-order valence-electron chi connectivity index (χ4n) is 3.80. The Morgan fingerprint density at radius 1 is 0.800 bits per heavy atom. The van der Waals surface area contributed by atoms with E-state index in [-0.39, 0.29) is 16.5 Å². The van der Waals surface area contributed by atoms with E-state index >= 15 is 0 Å². The van der Waals surface area contributed by atoms with Crippen LogP contribution in [0.15, 0.2) is 53.4 Å². The summed E-state index contributed by atoms with van der Waals surface area (Å²) in [7, 11) is -3.74. The van der Waals surface area contributed by atoms with Crippen LogP contribution in [0.25, 0.3) is 5.69 Å². The number of hydrogen-bond donors (Lipinski definition) is 0. The largest absolute Gasteiger partial charge is 0.369 e. The lowest BCUT2D eigenvalue weighted by atomic mass is 10.2. The second kappa shape index (κ2) is 7.81. The Bertz CT molecular complexity index is 1150. The summed E-state index contributed by atoms with van der Waals surface area (Å²) in [6, 6.07) is 11.9. The molecule has 1 saturated heterocycles. The molecule has 1 fully saturated rings. The van der Waals surface area contributed by atoms with Crippen molar-refractivity contribution in [3.05, 3.63) is 71.6 Å². The van der Waals surface area contributed by atoms with Gasteiger partial charge < -0.3 is 4.90 Å². The molecule has 4 rings (SSSR count). The van der Waals surface area contributed by atoms with Gasteiger partial charge in [-0.25, -0.2) is 21.9 Å². The summed E-state index contributed by atoms with van der Waals surface area (Å²) in [5, 5.41) is 4.38. The van der Waals surface area contributed by atoms with Gasteiger partial charge in [0.1, 0.15) is 16.5 Å². The molecule has 0 bridgehead atoms. The van der Waals surface area contributed by atoms with Gasteiger partial charge in [-0.1, -0.05) is 0 Å². The maximum Gasteiger partial charge on any atom is 0.246 e. The first-order chi connectivity index (χ1) is 14.3. The van der Waals surface area contributed by atoms with E-state index in [9.17, 15) is 17.2 Å². The van der Waals surface area contributed by atoms with Crippen molar-refractivity contribution < 1.29 is 17.2 Å². The number of nitrogens with zero attached hydrogens (tertiary/aromatic N) is 4. The Morgan fingerprint density at radius 3 is 1.83 bits per heavy atom. The smallest absolute Gasteiger partial charge is 0.246 e. The zero-order valence-corrected chi connectivity index (χ0v) is 17.5. The van der Waals surface area contributed by atoms with Crippen LogP contribution in [0.1, 0.15) is 11.4 Å². The standard InChI is InChI=1S/C21H22F2N4O2S/c1-15-21(16(2)27(24-15)20-9-5-18(23)6-10-20)30(28,29)26-13-11-25(12-14-26)19-7-3-17(22)4-8-19/h3-10H,11-14H2,1-2H3. The fraction of sp³-hybridized carbons (Fsp3) is 0.286. The number of rotatable bonds is 4. The van der Waals surface area contributed by atoms with Crippen molar-refractivity contribution >= 4 is 15.7 Å². The van der Waals surface area contributed by atoms with Crippen molar-refractivity contribution in [3.63, 3.8) is 0 Å². The molecule has 2 heterocycles. The van der Waals surface area contributed by atoms with Crippen molar-refractivity contribution in [2.45, 2.75) is 18.7 Å². The van der Waals surface area contributed by atoms with Gasteiger partial charge in [0.15, 0.2) is 0 Å². The molecule has 6 nitrogen and oxygen atoms in total. The number of benzene rings is 2. The highest BCUT2D eigenvalue weighted by atomic mass is 32.2. The van der Waals surface area contributed by atoms with Crippen molar-refractivity contribution in [1.82, 2.24) is 14.1 Å². The van der Waals surface area contributed by atoms with Gasteiger partial charge in [-0.15, -0.1) is 0 Å². The third-order valence-corrected chi connectivity index (χ3v) is 7.48. The lowest BCUT2D eigenvalue weighted by Crippen LogP contribution is -2.48. The summed E-state index contributed by atoms with van der Waals surface area (Å²) in [6.45, 7) is 5.02. The molecule has 0 unspecified atom stereocenters. The highest BCUT2D eigenvalue weighted by Gasteiger charge is 2.33. The van der Waals surface area contributed by atoms with Crippen LogP contribution in [0.4, 0.5) is 14.5 Å². The molecule has 0 radical (unpaired) electrons. The molecule has 158 valence electrons. The van der Waals surface area contributed by atoms with Gasteiger partial charge in [-0.3, -0.25) is 0 Å². The number of anilines is 1. The van der Waals surface area contributed by atoms with Crippen LogP contribution in [0.5, 0.6) is 0 Å². The minimum absolute atomic E-state index is 0.182. The Kier molecular flexibility index (Phi) is 5.33. The molecule has 1 aliphatic heterocycles. The molecule has 3 aromatic rings. The molecular formula is C21H22F2N4O2S. The molecule has 0 atom stereocenters. The fourth-order valence-corrected chi connectivity index (χ4v) is 5.58. The van der Waals surface area contributed by atoms with Gasteiger partial charge >= 0.3 is 0 Å². The van der Waals surface area contributed by atoms with E-state index in [4.69, 9.17) is 0 Å². The summed E-state index contributed by atoms with van der Waals surface area (Å²) in [5.74, 6) is -0.670. The van der Waals surface area contributed by atoms with Crippen LogP contribution >= 0.6 is 0 Å². The van der Waals surface area contributed by atoms with E-state index < -0.39 is 10.0 Å². The van der Waals surface area contributed by atoms with E-state index in [0.29, 0.717) is 43.3 Å². The van der Waals surface area contributed by atoms with Crippen LogP contribution in [0.2, 0.25) is 0 Å². The zero-order valence-electron chi connectivity index (χ0n) is 16.7. The molecule has 0 saturated carbocycles. The Labute approximate surface area is 174 Å². The molecule has 2 aromatic carbocycles. The number of aromatic nitrogens is 2. The van der Waals surface area contributed by atoms with Crippen molar-refractivity contribution in [1.29, 1.82) is 0 Å². The van der Waals surface area contributed by atoms with Crippen molar-refractivity contribution in [2.24, 2.45) is 0 Å². The minimum Gasteiger partial charge on any atom is -0.369 e. The highest BCUT2D eigenvalue weighted by Crippen LogP contribution is 2.27. The molecule has 1 aliphatic rings. The van der Waals surface area contributed by atoms with Gasteiger partial charge in [-0.2, -0.15) is 9.40 Å². The Hall–Kier alpha value is -2.78. The number of hydrogen-bond acceptors (Lipinski definition) is 4. The highest BCUT2D eigenvalue weighted by molar-refractivity contribution is 7.89. The number of halogens is 2. The van der Waals surface area contributed by atoms with Crippen molar-refractivity contribution in [2.75, 3.05) is 31.1 Å². The van der Waals surface area contributed by atoms with Crippen LogP contribution < -0.4 is 4.90 Å². The summed E-state index contributed by atoms with van der Waals surface area (Å²) >= 11 is 0. The molecule has 0 aliphatic carbocycles. The third-order valence-electron chi connectivity index (χ3n) is 5.32. The summed E-state index contributed by atoms with van der Waals surface area (Å²) in [4.78, 5) is 2.22. The maximum absolute atomic E-state index is 13.4. The lowest BCUT2D eigenvalue weighted by molar-refractivity contribution is 0.384. The molecule has 30 heavy (non-hydrogen) atoms. The summed E-state index contributed by atoms with van der Waals surface area (Å²) in [5.41, 5.74) is 2.35. The van der Waals surface area contributed by atoms with E-state index in [0.717, 1.165) is 5.69 Å². The molecular weight excluding hydrogens is 410 g/mol. The first-order valence-corrected chi connectivity index (χ1v) is 11.0. The monoisotopic (exact) mass is 432 g/mol.